The highest BCUT2D eigenvalue weighted by Gasteiger charge is 2.47. The second kappa shape index (κ2) is 9.39. The van der Waals surface area contributed by atoms with Gasteiger partial charge in [0.1, 0.15) is 12.4 Å². The summed E-state index contributed by atoms with van der Waals surface area (Å²) >= 11 is 0. The minimum atomic E-state index is -3.39. The van der Waals surface area contributed by atoms with Crippen molar-refractivity contribution in [2.45, 2.75) is 37.1 Å². The standard InChI is InChI=1S/C27H32N2O4S/c1-5-34(31,32)22-16-20-8-6-7-9-23(20)25(18-22)27(12-13-27)28-26(30)24-17-21(11-10-19(24)2)33-15-14-29(3)4/h6-11,16-18H,5,12-15H2,1-4H3,(H,28,30). The zero-order valence-corrected chi connectivity index (χ0v) is 21.0. The maximum absolute atomic E-state index is 13.4. The number of carbonyl (C=O) groups excluding carboxylic acids is 1. The van der Waals surface area contributed by atoms with E-state index in [0.29, 0.717) is 22.8 Å². The van der Waals surface area contributed by atoms with Crippen molar-refractivity contribution < 1.29 is 17.9 Å². The van der Waals surface area contributed by atoms with Crippen LogP contribution in [0.3, 0.4) is 0 Å². The smallest absolute Gasteiger partial charge is 0.252 e. The molecule has 1 aliphatic carbocycles. The molecule has 4 rings (SSSR count). The normalized spacial score (nSPS) is 14.9. The molecule has 1 fully saturated rings. The molecule has 1 saturated carbocycles. The molecule has 3 aromatic carbocycles. The number of nitrogens with zero attached hydrogens (tertiary/aromatic N) is 1. The van der Waals surface area contributed by atoms with Crippen molar-refractivity contribution in [3.8, 4) is 5.75 Å². The van der Waals surface area contributed by atoms with E-state index in [1.54, 1.807) is 25.1 Å². The number of benzene rings is 3. The molecule has 0 radical (unpaired) electrons. The summed E-state index contributed by atoms with van der Waals surface area (Å²) in [6.45, 7) is 4.87. The van der Waals surface area contributed by atoms with Crippen molar-refractivity contribution in [1.29, 1.82) is 0 Å². The molecule has 6 nitrogen and oxygen atoms in total. The quantitative estimate of drug-likeness (QED) is 0.494. The van der Waals surface area contributed by atoms with E-state index >= 15 is 0 Å². The van der Waals surface area contributed by atoms with Crippen LogP contribution < -0.4 is 10.1 Å². The highest BCUT2D eigenvalue weighted by atomic mass is 32.2. The Bertz CT molecular complexity index is 1330. The lowest BCUT2D eigenvalue weighted by atomic mass is 9.96. The average molecular weight is 481 g/mol. The fourth-order valence-corrected chi connectivity index (χ4v) is 5.12. The van der Waals surface area contributed by atoms with Crippen LogP contribution in [-0.2, 0) is 15.4 Å². The third-order valence-electron chi connectivity index (χ3n) is 6.45. The molecule has 7 heteroatoms. The molecule has 0 heterocycles. The molecular weight excluding hydrogens is 448 g/mol. The Kier molecular flexibility index (Phi) is 6.69. The summed E-state index contributed by atoms with van der Waals surface area (Å²) in [7, 11) is 0.581. The number of nitrogens with one attached hydrogen (secondary N) is 1. The Morgan fingerprint density at radius 1 is 1.09 bits per heavy atom. The van der Waals surface area contributed by atoms with Gasteiger partial charge in [-0.15, -0.1) is 0 Å². The molecule has 0 unspecified atom stereocenters. The molecule has 3 aromatic rings. The number of carbonyl (C=O) groups is 1. The number of likely N-dealkylation sites (N-methyl/N-ethyl adjacent to an activating group) is 1. The number of rotatable bonds is 9. The van der Waals surface area contributed by atoms with Crippen LogP contribution in [0.15, 0.2) is 59.5 Å². The van der Waals surface area contributed by atoms with Crippen LogP contribution in [0.1, 0.15) is 41.3 Å². The van der Waals surface area contributed by atoms with Gasteiger partial charge in [0.05, 0.1) is 16.2 Å². The van der Waals surface area contributed by atoms with Gasteiger partial charge in [0, 0.05) is 12.1 Å². The Morgan fingerprint density at radius 2 is 1.82 bits per heavy atom. The lowest BCUT2D eigenvalue weighted by Crippen LogP contribution is -2.35. The van der Waals surface area contributed by atoms with E-state index in [1.165, 1.54) is 0 Å². The minimum Gasteiger partial charge on any atom is -0.492 e. The first kappa shape index (κ1) is 24.2. The first-order valence-electron chi connectivity index (χ1n) is 11.6. The van der Waals surface area contributed by atoms with Gasteiger partial charge in [0.25, 0.3) is 5.91 Å². The lowest BCUT2D eigenvalue weighted by Gasteiger charge is -2.22. The van der Waals surface area contributed by atoms with Gasteiger partial charge in [-0.05, 0) is 80.0 Å². The third-order valence-corrected chi connectivity index (χ3v) is 8.17. The molecule has 180 valence electrons. The molecule has 0 bridgehead atoms. The molecule has 0 saturated heterocycles. The first-order chi connectivity index (χ1) is 16.1. The van der Waals surface area contributed by atoms with E-state index in [9.17, 15) is 13.2 Å². The average Bonchev–Trinajstić information content (AvgIpc) is 3.59. The summed E-state index contributed by atoms with van der Waals surface area (Å²) in [6.07, 6.45) is 1.52. The molecule has 0 spiro atoms. The van der Waals surface area contributed by atoms with Crippen LogP contribution in [0, 0.1) is 6.92 Å². The molecule has 0 aromatic heterocycles. The number of hydrogen-bond acceptors (Lipinski definition) is 5. The fourth-order valence-electron chi connectivity index (χ4n) is 4.18. The molecule has 1 N–H and O–H groups in total. The summed E-state index contributed by atoms with van der Waals surface area (Å²) in [4.78, 5) is 15.7. The van der Waals surface area contributed by atoms with E-state index in [2.05, 4.69) is 5.32 Å². The van der Waals surface area contributed by atoms with Crippen molar-refractivity contribution >= 4 is 26.5 Å². The van der Waals surface area contributed by atoms with Gasteiger partial charge in [-0.25, -0.2) is 8.42 Å². The van der Waals surface area contributed by atoms with Gasteiger partial charge in [0.15, 0.2) is 9.84 Å². The summed E-state index contributed by atoms with van der Waals surface area (Å²) in [5.74, 6) is 0.508. The van der Waals surface area contributed by atoms with Crippen LogP contribution in [0.25, 0.3) is 10.8 Å². The summed E-state index contributed by atoms with van der Waals surface area (Å²) in [5.41, 5.74) is 1.71. The number of fused-ring (bicyclic) bond motifs is 1. The molecule has 0 aliphatic heterocycles. The maximum atomic E-state index is 13.4. The van der Waals surface area contributed by atoms with E-state index in [4.69, 9.17) is 4.74 Å². The zero-order chi connectivity index (χ0) is 24.5. The largest absolute Gasteiger partial charge is 0.492 e. The van der Waals surface area contributed by atoms with Crippen LogP contribution in [0.4, 0.5) is 0 Å². The summed E-state index contributed by atoms with van der Waals surface area (Å²) < 4.78 is 31.2. The van der Waals surface area contributed by atoms with Gasteiger partial charge < -0.3 is 15.0 Å². The Hall–Kier alpha value is -2.90. The predicted molar refractivity (Wildman–Crippen MR) is 135 cm³/mol. The predicted octanol–water partition coefficient (Wildman–Crippen LogP) is 4.30. The van der Waals surface area contributed by atoms with Crippen LogP contribution >= 0.6 is 0 Å². The molecule has 34 heavy (non-hydrogen) atoms. The number of ether oxygens (including phenoxy) is 1. The Balaban J connectivity index is 1.67. The van der Waals surface area contributed by atoms with Crippen molar-refractivity contribution in [1.82, 2.24) is 10.2 Å². The second-order valence-electron chi connectivity index (χ2n) is 9.26. The molecular formula is C27H32N2O4S. The van der Waals surface area contributed by atoms with E-state index in [1.807, 2.05) is 62.3 Å². The molecule has 1 aliphatic rings. The summed E-state index contributed by atoms with van der Waals surface area (Å²) in [6, 6.07) is 16.8. The van der Waals surface area contributed by atoms with Gasteiger partial charge in [-0.1, -0.05) is 37.3 Å². The van der Waals surface area contributed by atoms with E-state index in [0.717, 1.165) is 41.3 Å². The third kappa shape index (κ3) is 4.95. The lowest BCUT2D eigenvalue weighted by molar-refractivity contribution is 0.0930. The Morgan fingerprint density at radius 3 is 2.50 bits per heavy atom. The first-order valence-corrected chi connectivity index (χ1v) is 13.3. The number of amides is 1. The van der Waals surface area contributed by atoms with Crippen LogP contribution in [-0.4, -0.2) is 52.2 Å². The zero-order valence-electron chi connectivity index (χ0n) is 20.2. The van der Waals surface area contributed by atoms with Crippen molar-refractivity contribution in [2.24, 2.45) is 0 Å². The highest BCUT2D eigenvalue weighted by molar-refractivity contribution is 7.91. The monoisotopic (exact) mass is 480 g/mol. The number of hydrogen-bond donors (Lipinski definition) is 1. The van der Waals surface area contributed by atoms with E-state index < -0.39 is 15.4 Å². The van der Waals surface area contributed by atoms with Crippen LogP contribution in [0.5, 0.6) is 5.75 Å². The number of aryl methyl sites for hydroxylation is 1. The van der Waals surface area contributed by atoms with Crippen LogP contribution in [0.2, 0.25) is 0 Å². The van der Waals surface area contributed by atoms with Gasteiger partial charge in [-0.2, -0.15) is 0 Å². The van der Waals surface area contributed by atoms with Gasteiger partial charge in [-0.3, -0.25) is 4.79 Å². The molecule has 1 amide bonds. The van der Waals surface area contributed by atoms with E-state index in [-0.39, 0.29) is 11.7 Å². The molecule has 0 atom stereocenters. The Labute approximate surface area is 201 Å². The van der Waals surface area contributed by atoms with Gasteiger partial charge in [0.2, 0.25) is 0 Å². The van der Waals surface area contributed by atoms with Gasteiger partial charge >= 0.3 is 0 Å². The fraction of sp³-hybridized carbons (Fsp3) is 0.370. The van der Waals surface area contributed by atoms with Crippen molar-refractivity contribution in [2.75, 3.05) is 33.0 Å². The highest BCUT2D eigenvalue weighted by Crippen LogP contribution is 2.49. The maximum Gasteiger partial charge on any atom is 0.252 e. The second-order valence-corrected chi connectivity index (χ2v) is 11.5. The van der Waals surface area contributed by atoms with Crippen molar-refractivity contribution in [3.63, 3.8) is 0 Å². The topological polar surface area (TPSA) is 75.7 Å². The van der Waals surface area contributed by atoms with Crippen molar-refractivity contribution in [3.05, 3.63) is 71.3 Å². The number of sulfone groups is 1. The summed E-state index contributed by atoms with van der Waals surface area (Å²) in [5, 5.41) is 5.06. The SMILES string of the molecule is CCS(=O)(=O)c1cc(C2(NC(=O)c3cc(OCCN(C)C)ccc3C)CC2)c2ccccc2c1. The minimum absolute atomic E-state index is 0.0317.